The summed E-state index contributed by atoms with van der Waals surface area (Å²) in [6.45, 7) is 1.24. The number of ether oxygens (including phenoxy) is 1. The van der Waals surface area contributed by atoms with E-state index in [0.29, 0.717) is 6.61 Å². The molecule has 0 fully saturated rings. The molecule has 3 aromatic carbocycles. The molecule has 0 radical (unpaired) electrons. The molecule has 2 aromatic heterocycles. The highest BCUT2D eigenvalue weighted by Gasteiger charge is 2.16. The lowest BCUT2D eigenvalue weighted by molar-refractivity contribution is 0.308. The minimum atomic E-state index is 0.508. The van der Waals surface area contributed by atoms with Crippen LogP contribution in [0.3, 0.4) is 0 Å². The molecule has 0 bridgehead atoms. The van der Waals surface area contributed by atoms with Gasteiger partial charge in [-0.25, -0.2) is 4.98 Å². The fourth-order valence-corrected chi connectivity index (χ4v) is 3.82. The molecular weight excluding hydrogens is 394 g/mol. The standard InChI is InChI=1S/C28H25N3O/c1-4-11-22(12-5-1)19-25-27(29-20-23-13-6-2-7-14-23)31-18-10-17-26(28(31)30-25)32-21-24-15-8-3-9-16-24/h1-18,29H,19-21H2. The van der Waals surface area contributed by atoms with Crippen LogP contribution in [0.5, 0.6) is 5.75 Å². The Labute approximate surface area is 188 Å². The first kappa shape index (κ1) is 19.9. The summed E-state index contributed by atoms with van der Waals surface area (Å²) >= 11 is 0. The van der Waals surface area contributed by atoms with Crippen LogP contribution < -0.4 is 10.1 Å². The lowest BCUT2D eigenvalue weighted by Gasteiger charge is -2.10. The second kappa shape index (κ2) is 9.40. The molecular formula is C28H25N3O. The lowest BCUT2D eigenvalue weighted by atomic mass is 10.1. The maximum absolute atomic E-state index is 6.18. The van der Waals surface area contributed by atoms with E-state index in [9.17, 15) is 0 Å². The molecule has 158 valence electrons. The van der Waals surface area contributed by atoms with E-state index >= 15 is 0 Å². The Balaban J connectivity index is 1.48. The fourth-order valence-electron chi connectivity index (χ4n) is 3.82. The van der Waals surface area contributed by atoms with Crippen LogP contribution in [0.25, 0.3) is 5.65 Å². The van der Waals surface area contributed by atoms with Crippen LogP contribution in [0.1, 0.15) is 22.4 Å². The van der Waals surface area contributed by atoms with Crippen molar-refractivity contribution in [1.29, 1.82) is 0 Å². The molecule has 0 aliphatic rings. The quantitative estimate of drug-likeness (QED) is 0.329. The van der Waals surface area contributed by atoms with Gasteiger partial charge >= 0.3 is 0 Å². The summed E-state index contributed by atoms with van der Waals surface area (Å²) in [5.41, 5.74) is 5.41. The van der Waals surface area contributed by atoms with E-state index in [0.717, 1.165) is 41.4 Å². The third-order valence-corrected chi connectivity index (χ3v) is 5.44. The van der Waals surface area contributed by atoms with Crippen molar-refractivity contribution in [3.8, 4) is 5.75 Å². The number of anilines is 1. The summed E-state index contributed by atoms with van der Waals surface area (Å²) < 4.78 is 8.27. The minimum Gasteiger partial charge on any atom is -0.485 e. The van der Waals surface area contributed by atoms with Crippen molar-refractivity contribution >= 4 is 11.5 Å². The highest BCUT2D eigenvalue weighted by Crippen LogP contribution is 2.28. The minimum absolute atomic E-state index is 0.508. The van der Waals surface area contributed by atoms with Crippen molar-refractivity contribution in [1.82, 2.24) is 9.38 Å². The largest absolute Gasteiger partial charge is 0.485 e. The Morgan fingerprint density at radius 3 is 2.00 bits per heavy atom. The van der Waals surface area contributed by atoms with Gasteiger partial charge in [-0.1, -0.05) is 91.0 Å². The zero-order valence-electron chi connectivity index (χ0n) is 17.8. The maximum Gasteiger partial charge on any atom is 0.181 e. The molecule has 5 aromatic rings. The molecule has 0 amide bonds. The molecule has 0 saturated heterocycles. The van der Waals surface area contributed by atoms with Gasteiger partial charge in [0, 0.05) is 19.2 Å². The van der Waals surface area contributed by atoms with Gasteiger partial charge in [0.15, 0.2) is 11.4 Å². The van der Waals surface area contributed by atoms with E-state index in [1.54, 1.807) is 0 Å². The van der Waals surface area contributed by atoms with Gasteiger partial charge in [-0.3, -0.25) is 4.40 Å². The molecule has 4 nitrogen and oxygen atoms in total. The molecule has 0 spiro atoms. The molecule has 0 atom stereocenters. The molecule has 32 heavy (non-hydrogen) atoms. The van der Waals surface area contributed by atoms with E-state index in [1.165, 1.54) is 11.1 Å². The summed E-state index contributed by atoms with van der Waals surface area (Å²) in [6, 6.07) is 35.1. The SMILES string of the molecule is c1ccc(CNc2c(Cc3ccccc3)nc3c(OCc4ccccc4)cccn23)cc1. The first-order chi connectivity index (χ1) is 15.9. The van der Waals surface area contributed by atoms with Gasteiger partial charge in [0.2, 0.25) is 0 Å². The van der Waals surface area contributed by atoms with Gasteiger partial charge in [0.1, 0.15) is 12.4 Å². The van der Waals surface area contributed by atoms with E-state index in [2.05, 4.69) is 70.4 Å². The zero-order chi connectivity index (χ0) is 21.6. The topological polar surface area (TPSA) is 38.6 Å². The van der Waals surface area contributed by atoms with E-state index in [4.69, 9.17) is 9.72 Å². The summed E-state index contributed by atoms with van der Waals surface area (Å²) in [6.07, 6.45) is 2.79. The highest BCUT2D eigenvalue weighted by atomic mass is 16.5. The Hall–Kier alpha value is -4.05. The van der Waals surface area contributed by atoms with Gasteiger partial charge in [-0.15, -0.1) is 0 Å². The molecule has 4 heteroatoms. The first-order valence-corrected chi connectivity index (χ1v) is 10.9. The average molecular weight is 420 g/mol. The summed E-state index contributed by atoms with van der Waals surface area (Å²) in [4.78, 5) is 5.01. The average Bonchev–Trinajstić information content (AvgIpc) is 3.21. The third-order valence-electron chi connectivity index (χ3n) is 5.44. The number of fused-ring (bicyclic) bond motifs is 1. The van der Waals surface area contributed by atoms with Crippen molar-refractivity contribution in [2.24, 2.45) is 0 Å². The number of aromatic nitrogens is 2. The Kier molecular flexibility index (Phi) is 5.84. The molecule has 0 unspecified atom stereocenters. The normalized spacial score (nSPS) is 10.9. The first-order valence-electron chi connectivity index (χ1n) is 10.9. The van der Waals surface area contributed by atoms with Gasteiger partial charge < -0.3 is 10.1 Å². The number of nitrogens with one attached hydrogen (secondary N) is 1. The van der Waals surface area contributed by atoms with Crippen LogP contribution in [0.4, 0.5) is 5.82 Å². The van der Waals surface area contributed by atoms with Crippen LogP contribution >= 0.6 is 0 Å². The van der Waals surface area contributed by atoms with Crippen LogP contribution in [0.15, 0.2) is 109 Å². The number of benzene rings is 3. The second-order valence-electron chi connectivity index (χ2n) is 7.75. The molecule has 1 N–H and O–H groups in total. The fraction of sp³-hybridized carbons (Fsp3) is 0.107. The molecule has 0 aliphatic carbocycles. The van der Waals surface area contributed by atoms with Crippen molar-refractivity contribution in [3.05, 3.63) is 132 Å². The van der Waals surface area contributed by atoms with Gasteiger partial charge in [-0.2, -0.15) is 0 Å². The van der Waals surface area contributed by atoms with Crippen molar-refractivity contribution in [2.75, 3.05) is 5.32 Å². The lowest BCUT2D eigenvalue weighted by Crippen LogP contribution is -2.05. The van der Waals surface area contributed by atoms with Crippen molar-refractivity contribution in [3.63, 3.8) is 0 Å². The molecule has 5 rings (SSSR count). The summed E-state index contributed by atoms with van der Waals surface area (Å²) in [5, 5.41) is 3.62. The van der Waals surface area contributed by atoms with Crippen LogP contribution in [0, 0.1) is 0 Å². The van der Waals surface area contributed by atoms with E-state index < -0.39 is 0 Å². The van der Waals surface area contributed by atoms with Gasteiger partial charge in [-0.05, 0) is 28.8 Å². The Bertz CT molecular complexity index is 1280. The van der Waals surface area contributed by atoms with Gasteiger partial charge in [0.25, 0.3) is 0 Å². The van der Waals surface area contributed by atoms with E-state index in [1.807, 2.05) is 48.7 Å². The Morgan fingerprint density at radius 2 is 1.31 bits per heavy atom. The Morgan fingerprint density at radius 1 is 0.688 bits per heavy atom. The van der Waals surface area contributed by atoms with Crippen molar-refractivity contribution < 1.29 is 4.74 Å². The molecule has 2 heterocycles. The van der Waals surface area contributed by atoms with Crippen LogP contribution in [-0.2, 0) is 19.6 Å². The number of pyridine rings is 1. The number of imidazole rings is 1. The number of hydrogen-bond donors (Lipinski definition) is 1. The van der Waals surface area contributed by atoms with Gasteiger partial charge in [0.05, 0.1) is 5.69 Å². The van der Waals surface area contributed by atoms with E-state index in [-0.39, 0.29) is 0 Å². The number of hydrogen-bond acceptors (Lipinski definition) is 3. The zero-order valence-corrected chi connectivity index (χ0v) is 17.8. The highest BCUT2D eigenvalue weighted by molar-refractivity contribution is 5.63. The molecule has 0 aliphatic heterocycles. The third kappa shape index (κ3) is 4.49. The smallest absolute Gasteiger partial charge is 0.181 e. The monoisotopic (exact) mass is 419 g/mol. The predicted octanol–water partition coefficient (Wildman–Crippen LogP) is 6.12. The maximum atomic E-state index is 6.18. The molecule has 0 saturated carbocycles. The summed E-state index contributed by atoms with van der Waals surface area (Å²) in [5.74, 6) is 1.77. The predicted molar refractivity (Wildman–Crippen MR) is 129 cm³/mol. The van der Waals surface area contributed by atoms with Crippen LogP contribution in [0.2, 0.25) is 0 Å². The van der Waals surface area contributed by atoms with Crippen LogP contribution in [-0.4, -0.2) is 9.38 Å². The number of nitrogens with zero attached hydrogens (tertiary/aromatic N) is 2. The summed E-state index contributed by atoms with van der Waals surface area (Å²) in [7, 11) is 0. The number of rotatable bonds is 8. The van der Waals surface area contributed by atoms with Crippen molar-refractivity contribution in [2.45, 2.75) is 19.6 Å². The second-order valence-corrected chi connectivity index (χ2v) is 7.75.